The highest BCUT2D eigenvalue weighted by atomic mass is 35.5. The number of aromatic nitrogens is 2. The summed E-state index contributed by atoms with van der Waals surface area (Å²) in [5, 5.41) is 8.48. The number of carbonyl (C=O) groups is 3. The number of hydrogen-bond acceptors (Lipinski definition) is 5. The fourth-order valence-electron chi connectivity index (χ4n) is 3.77. The number of ether oxygens (including phenoxy) is 1. The van der Waals surface area contributed by atoms with Gasteiger partial charge in [-0.3, -0.25) is 14.4 Å². The van der Waals surface area contributed by atoms with Crippen molar-refractivity contribution < 1.29 is 23.5 Å². The Balaban J connectivity index is 1.47. The predicted octanol–water partition coefficient (Wildman–Crippen LogP) is 3.28. The molecular formula is C23H29ClFN5O4. The summed E-state index contributed by atoms with van der Waals surface area (Å²) in [5.41, 5.74) is 0.475. The lowest BCUT2D eigenvalue weighted by atomic mass is 9.85. The first-order valence-corrected chi connectivity index (χ1v) is 11.6. The Bertz CT molecular complexity index is 1020. The zero-order valence-electron chi connectivity index (χ0n) is 19.1. The zero-order valence-corrected chi connectivity index (χ0v) is 19.9. The van der Waals surface area contributed by atoms with Gasteiger partial charge in [0.25, 0.3) is 11.8 Å². The molecule has 0 bridgehead atoms. The van der Waals surface area contributed by atoms with Gasteiger partial charge in [0, 0.05) is 18.5 Å². The van der Waals surface area contributed by atoms with E-state index in [1.54, 1.807) is 0 Å². The van der Waals surface area contributed by atoms with E-state index < -0.39 is 17.6 Å². The van der Waals surface area contributed by atoms with Crippen molar-refractivity contribution in [2.45, 2.75) is 51.7 Å². The number of nitrogens with one attached hydrogen (secondary N) is 4. The molecule has 2 aromatic rings. The van der Waals surface area contributed by atoms with Crippen LogP contribution in [-0.4, -0.2) is 53.0 Å². The van der Waals surface area contributed by atoms with Gasteiger partial charge in [0.1, 0.15) is 11.5 Å². The molecule has 1 aromatic carbocycles. The number of nitrogens with zero attached hydrogens (tertiary/aromatic N) is 1. The number of amides is 3. The quantitative estimate of drug-likeness (QED) is 0.399. The van der Waals surface area contributed by atoms with Crippen LogP contribution in [0.3, 0.4) is 0 Å². The fraction of sp³-hybridized carbons (Fsp3) is 0.478. The lowest BCUT2D eigenvalue weighted by Crippen LogP contribution is -2.40. The van der Waals surface area contributed by atoms with E-state index in [9.17, 15) is 18.8 Å². The summed E-state index contributed by atoms with van der Waals surface area (Å²) >= 11 is 5.98. The molecule has 0 saturated heterocycles. The Morgan fingerprint density at radius 2 is 1.94 bits per heavy atom. The smallest absolute Gasteiger partial charge is 0.272 e. The SMILES string of the molecule is CC(C)OCCNC(=O)c1[nH]cnc1C(=O)NC1CCC(C(=O)Nc2ccc(F)cc2Cl)CC1. The Morgan fingerprint density at radius 1 is 1.21 bits per heavy atom. The van der Waals surface area contributed by atoms with Gasteiger partial charge in [-0.1, -0.05) is 11.6 Å². The summed E-state index contributed by atoms with van der Waals surface area (Å²) in [6.07, 6.45) is 3.70. The molecule has 1 aliphatic rings. The third kappa shape index (κ3) is 7.01. The molecule has 0 atom stereocenters. The minimum Gasteiger partial charge on any atom is -0.377 e. The highest BCUT2D eigenvalue weighted by molar-refractivity contribution is 6.33. The molecule has 3 rings (SSSR count). The molecule has 1 heterocycles. The van der Waals surface area contributed by atoms with E-state index in [1.165, 1.54) is 18.5 Å². The van der Waals surface area contributed by atoms with E-state index in [-0.39, 0.29) is 40.4 Å². The normalized spacial score (nSPS) is 17.9. The van der Waals surface area contributed by atoms with Gasteiger partial charge >= 0.3 is 0 Å². The Labute approximate surface area is 202 Å². The average Bonchev–Trinajstić information content (AvgIpc) is 3.29. The monoisotopic (exact) mass is 493 g/mol. The Morgan fingerprint density at radius 3 is 2.62 bits per heavy atom. The van der Waals surface area contributed by atoms with Crippen molar-refractivity contribution in [1.82, 2.24) is 20.6 Å². The van der Waals surface area contributed by atoms with Gasteiger partial charge in [0.05, 0.1) is 29.7 Å². The first kappa shape index (κ1) is 25.6. The molecule has 1 aromatic heterocycles. The van der Waals surface area contributed by atoms with Crippen LogP contribution in [0.4, 0.5) is 10.1 Å². The molecule has 3 amide bonds. The number of halogens is 2. The van der Waals surface area contributed by atoms with E-state index in [1.807, 2.05) is 13.8 Å². The van der Waals surface area contributed by atoms with Crippen LogP contribution in [0.1, 0.15) is 60.5 Å². The average molecular weight is 494 g/mol. The number of H-pyrrole nitrogens is 1. The predicted molar refractivity (Wildman–Crippen MR) is 125 cm³/mol. The van der Waals surface area contributed by atoms with E-state index in [2.05, 4.69) is 25.9 Å². The second-order valence-corrected chi connectivity index (χ2v) is 8.84. The van der Waals surface area contributed by atoms with Crippen LogP contribution in [0.5, 0.6) is 0 Å². The van der Waals surface area contributed by atoms with Gasteiger partial charge in [-0.25, -0.2) is 9.37 Å². The maximum Gasteiger partial charge on any atom is 0.272 e. The summed E-state index contributed by atoms with van der Waals surface area (Å²) in [6.45, 7) is 4.48. The third-order valence-electron chi connectivity index (χ3n) is 5.54. The molecule has 0 spiro atoms. The van der Waals surface area contributed by atoms with Gasteiger partial charge in [0.15, 0.2) is 5.69 Å². The zero-order chi connectivity index (χ0) is 24.7. The molecule has 9 nitrogen and oxygen atoms in total. The highest BCUT2D eigenvalue weighted by Gasteiger charge is 2.29. The summed E-state index contributed by atoms with van der Waals surface area (Å²) in [6, 6.07) is 3.66. The lowest BCUT2D eigenvalue weighted by Gasteiger charge is -2.28. The van der Waals surface area contributed by atoms with Crippen molar-refractivity contribution in [2.75, 3.05) is 18.5 Å². The number of imidazole rings is 1. The molecular weight excluding hydrogens is 465 g/mol. The molecule has 0 aliphatic heterocycles. The number of carbonyl (C=O) groups excluding carboxylic acids is 3. The topological polar surface area (TPSA) is 125 Å². The van der Waals surface area contributed by atoms with Crippen molar-refractivity contribution in [3.8, 4) is 0 Å². The second kappa shape index (κ2) is 11.9. The highest BCUT2D eigenvalue weighted by Crippen LogP contribution is 2.28. The molecule has 1 saturated carbocycles. The maximum absolute atomic E-state index is 13.2. The lowest BCUT2D eigenvalue weighted by molar-refractivity contribution is -0.120. The maximum atomic E-state index is 13.2. The van der Waals surface area contributed by atoms with Crippen molar-refractivity contribution in [2.24, 2.45) is 5.92 Å². The number of anilines is 1. The molecule has 1 fully saturated rings. The van der Waals surface area contributed by atoms with E-state index in [4.69, 9.17) is 16.3 Å². The fourth-order valence-corrected chi connectivity index (χ4v) is 3.98. The van der Waals surface area contributed by atoms with Gasteiger partial charge in [-0.15, -0.1) is 0 Å². The molecule has 4 N–H and O–H groups in total. The van der Waals surface area contributed by atoms with E-state index in [0.29, 0.717) is 44.5 Å². The van der Waals surface area contributed by atoms with Gasteiger partial charge in [-0.2, -0.15) is 0 Å². The Kier molecular flexibility index (Phi) is 9.00. The largest absolute Gasteiger partial charge is 0.377 e. The van der Waals surface area contributed by atoms with Crippen molar-refractivity contribution in [3.05, 3.63) is 46.8 Å². The van der Waals surface area contributed by atoms with Gasteiger partial charge < -0.3 is 25.7 Å². The van der Waals surface area contributed by atoms with Crippen molar-refractivity contribution in [1.29, 1.82) is 0 Å². The number of benzene rings is 1. The summed E-state index contributed by atoms with van der Waals surface area (Å²) in [4.78, 5) is 44.4. The summed E-state index contributed by atoms with van der Waals surface area (Å²) in [5.74, 6) is -1.79. The van der Waals surface area contributed by atoms with Crippen molar-refractivity contribution in [3.63, 3.8) is 0 Å². The minimum absolute atomic E-state index is 0.0214. The van der Waals surface area contributed by atoms with Crippen LogP contribution < -0.4 is 16.0 Å². The number of rotatable bonds is 9. The summed E-state index contributed by atoms with van der Waals surface area (Å²) < 4.78 is 18.6. The molecule has 1 aliphatic carbocycles. The van der Waals surface area contributed by atoms with E-state index in [0.717, 1.165) is 6.07 Å². The van der Waals surface area contributed by atoms with E-state index >= 15 is 0 Å². The Hall–Kier alpha value is -2.98. The molecule has 11 heteroatoms. The van der Waals surface area contributed by atoms with Crippen LogP contribution in [-0.2, 0) is 9.53 Å². The summed E-state index contributed by atoms with van der Waals surface area (Å²) in [7, 11) is 0. The van der Waals surface area contributed by atoms with Gasteiger partial charge in [-0.05, 0) is 57.7 Å². The second-order valence-electron chi connectivity index (χ2n) is 8.44. The van der Waals surface area contributed by atoms with Crippen LogP contribution in [0.25, 0.3) is 0 Å². The number of hydrogen-bond donors (Lipinski definition) is 4. The van der Waals surface area contributed by atoms with Crippen LogP contribution >= 0.6 is 11.6 Å². The van der Waals surface area contributed by atoms with Gasteiger partial charge in [0.2, 0.25) is 5.91 Å². The standard InChI is InChI=1S/C23H29ClFN5O4/c1-13(2)34-10-9-26-22(32)19-20(28-12-27-19)23(33)29-16-6-3-14(4-7-16)21(31)30-18-8-5-15(25)11-17(18)24/h5,8,11-14,16H,3-4,6-7,9-10H2,1-2H3,(H,26,32)(H,27,28)(H,29,33)(H,30,31). The first-order valence-electron chi connectivity index (χ1n) is 11.2. The third-order valence-corrected chi connectivity index (χ3v) is 5.86. The molecule has 34 heavy (non-hydrogen) atoms. The van der Waals surface area contributed by atoms with Crippen LogP contribution in [0, 0.1) is 11.7 Å². The molecule has 184 valence electrons. The molecule has 0 radical (unpaired) electrons. The van der Waals surface area contributed by atoms with Crippen LogP contribution in [0.15, 0.2) is 24.5 Å². The first-order chi connectivity index (χ1) is 16.2. The number of aromatic amines is 1. The minimum atomic E-state index is -0.475. The molecule has 0 unspecified atom stereocenters. The van der Waals surface area contributed by atoms with Crippen LogP contribution in [0.2, 0.25) is 5.02 Å². The van der Waals surface area contributed by atoms with Crippen molar-refractivity contribution >= 4 is 35.0 Å².